The molecule has 0 unspecified atom stereocenters. The molecule has 0 aromatic heterocycles. The number of carboxylic acids is 3. The molecule has 9 heteroatoms. The van der Waals surface area contributed by atoms with Gasteiger partial charge >= 0.3 is 24.0 Å². The van der Waals surface area contributed by atoms with Gasteiger partial charge in [-0.2, -0.15) is 0 Å². The fraction of sp³-hybridized carbons (Fsp3) is 0.360. The molecule has 0 fully saturated rings. The fourth-order valence-corrected chi connectivity index (χ4v) is 4.39. The van der Waals surface area contributed by atoms with Crippen LogP contribution in [0.5, 0.6) is 0 Å². The molecule has 2 aromatic carbocycles. The zero-order valence-corrected chi connectivity index (χ0v) is 19.2. The van der Waals surface area contributed by atoms with E-state index in [-0.39, 0.29) is 24.1 Å². The Balaban J connectivity index is 2.13. The molecule has 0 bridgehead atoms. The second-order valence-corrected chi connectivity index (χ2v) is 9.24. The summed E-state index contributed by atoms with van der Waals surface area (Å²) in [4.78, 5) is 48.1. The van der Waals surface area contributed by atoms with Crippen molar-refractivity contribution in [3.8, 4) is 0 Å². The van der Waals surface area contributed by atoms with Crippen molar-refractivity contribution < 1.29 is 39.2 Å². The van der Waals surface area contributed by atoms with Crippen LogP contribution in [0.15, 0.2) is 36.4 Å². The predicted octanol–water partition coefficient (Wildman–Crippen LogP) is 3.47. The van der Waals surface area contributed by atoms with Crippen LogP contribution in [0.2, 0.25) is 0 Å². The van der Waals surface area contributed by atoms with Crippen molar-refractivity contribution in [3.05, 3.63) is 69.8 Å². The maximum Gasteiger partial charge on any atom is 0.407 e. The Bertz CT molecular complexity index is 1100. The minimum Gasteiger partial charge on any atom is -0.480 e. The van der Waals surface area contributed by atoms with Crippen LogP contribution in [0.25, 0.3) is 0 Å². The number of aromatic carboxylic acids is 2. The van der Waals surface area contributed by atoms with Crippen LogP contribution in [-0.4, -0.2) is 51.5 Å². The highest BCUT2D eigenvalue weighted by Gasteiger charge is 2.46. The summed E-state index contributed by atoms with van der Waals surface area (Å²) in [6.45, 7) is 5.09. The van der Waals surface area contributed by atoms with Crippen LogP contribution in [-0.2, 0) is 27.8 Å². The van der Waals surface area contributed by atoms with E-state index in [4.69, 9.17) is 4.74 Å². The van der Waals surface area contributed by atoms with E-state index < -0.39 is 35.0 Å². The summed E-state index contributed by atoms with van der Waals surface area (Å²) in [7, 11) is 0. The van der Waals surface area contributed by atoms with Gasteiger partial charge in [-0.1, -0.05) is 12.1 Å². The number of carbonyl (C=O) groups excluding carboxylic acids is 1. The smallest absolute Gasteiger partial charge is 0.407 e. The Morgan fingerprint density at radius 2 is 1.35 bits per heavy atom. The topological polar surface area (TPSA) is 150 Å². The standard InChI is InChI=1S/C25H27NO8/c1-24(2,3)34-23(33)26-11-10-25(22(31)32)18-8-6-16(20(27)28)12-14(18)4-5-15-13-17(21(29)30)7-9-19(15)25/h6-9,12-13H,4-5,10-11H2,1-3H3,(H,26,33)(H,27,28)(H,29,30)(H,31,32). The maximum absolute atomic E-state index is 12.9. The Labute approximate surface area is 196 Å². The average molecular weight is 469 g/mol. The van der Waals surface area contributed by atoms with Crippen LogP contribution in [0.3, 0.4) is 0 Å². The van der Waals surface area contributed by atoms with E-state index in [9.17, 15) is 34.5 Å². The number of aryl methyl sites for hydroxylation is 2. The number of hydrogen-bond acceptors (Lipinski definition) is 5. The van der Waals surface area contributed by atoms with Gasteiger partial charge in [0, 0.05) is 6.54 Å². The van der Waals surface area contributed by atoms with Gasteiger partial charge in [-0.05, 0) is 86.6 Å². The highest BCUT2D eigenvalue weighted by molar-refractivity contribution is 5.92. The molecular weight excluding hydrogens is 442 g/mol. The highest BCUT2D eigenvalue weighted by Crippen LogP contribution is 2.43. The van der Waals surface area contributed by atoms with Gasteiger partial charge in [0.1, 0.15) is 11.0 Å². The molecule has 0 heterocycles. The summed E-state index contributed by atoms with van der Waals surface area (Å²) in [5.74, 6) is -3.45. The van der Waals surface area contributed by atoms with Gasteiger partial charge in [0.25, 0.3) is 0 Å². The van der Waals surface area contributed by atoms with Crippen LogP contribution in [0, 0.1) is 0 Å². The molecule has 0 saturated carbocycles. The maximum atomic E-state index is 12.9. The number of ether oxygens (including phenoxy) is 1. The Morgan fingerprint density at radius 1 is 0.882 bits per heavy atom. The van der Waals surface area contributed by atoms with Crippen LogP contribution in [0.1, 0.15) is 70.2 Å². The third kappa shape index (κ3) is 4.88. The van der Waals surface area contributed by atoms with Crippen molar-refractivity contribution in [2.24, 2.45) is 0 Å². The SMILES string of the molecule is CC(C)(C)OC(=O)NCCC1(C(=O)O)c2ccc(C(=O)O)cc2CCc2cc(C(=O)O)ccc21. The average Bonchev–Trinajstić information content (AvgIpc) is 2.87. The summed E-state index contributed by atoms with van der Waals surface area (Å²) < 4.78 is 5.24. The van der Waals surface area contributed by atoms with Crippen molar-refractivity contribution in [2.75, 3.05) is 6.54 Å². The van der Waals surface area contributed by atoms with Gasteiger partial charge in [0.2, 0.25) is 0 Å². The number of alkyl carbamates (subject to hydrolysis) is 1. The molecule has 9 nitrogen and oxygen atoms in total. The lowest BCUT2D eigenvalue weighted by Gasteiger charge is -2.33. The van der Waals surface area contributed by atoms with Gasteiger partial charge in [0.05, 0.1) is 11.1 Å². The van der Waals surface area contributed by atoms with Gasteiger partial charge in [0.15, 0.2) is 0 Å². The summed E-state index contributed by atoms with van der Waals surface area (Å²) in [6, 6.07) is 8.63. The number of hydrogen-bond donors (Lipinski definition) is 4. The normalized spacial score (nSPS) is 14.2. The zero-order valence-electron chi connectivity index (χ0n) is 19.2. The number of fused-ring (bicyclic) bond motifs is 2. The predicted molar refractivity (Wildman–Crippen MR) is 121 cm³/mol. The monoisotopic (exact) mass is 469 g/mol. The van der Waals surface area contributed by atoms with E-state index in [0.717, 1.165) is 0 Å². The quantitative estimate of drug-likeness (QED) is 0.502. The minimum atomic E-state index is -1.63. The van der Waals surface area contributed by atoms with E-state index in [1.54, 1.807) is 20.8 Å². The molecule has 3 rings (SSSR count). The van der Waals surface area contributed by atoms with Crippen LogP contribution >= 0.6 is 0 Å². The van der Waals surface area contributed by atoms with E-state index in [2.05, 4.69) is 5.32 Å². The molecule has 180 valence electrons. The molecular formula is C25H27NO8. The van der Waals surface area contributed by atoms with Gasteiger partial charge in [-0.15, -0.1) is 0 Å². The van der Waals surface area contributed by atoms with E-state index in [1.165, 1.54) is 36.4 Å². The zero-order chi connectivity index (χ0) is 25.3. The minimum absolute atomic E-state index is 0.0297. The van der Waals surface area contributed by atoms with Gasteiger partial charge < -0.3 is 25.4 Å². The van der Waals surface area contributed by atoms with Crippen molar-refractivity contribution in [3.63, 3.8) is 0 Å². The summed E-state index contributed by atoms with van der Waals surface area (Å²) in [5, 5.41) is 32.0. The van der Waals surface area contributed by atoms with Crippen molar-refractivity contribution in [2.45, 2.75) is 51.0 Å². The molecule has 1 aliphatic rings. The molecule has 0 spiro atoms. The molecule has 0 saturated heterocycles. The lowest BCUT2D eigenvalue weighted by molar-refractivity contribution is -0.142. The first-order chi connectivity index (χ1) is 15.8. The first-order valence-corrected chi connectivity index (χ1v) is 10.8. The fourth-order valence-electron chi connectivity index (χ4n) is 4.39. The molecule has 2 aromatic rings. The number of carbonyl (C=O) groups is 4. The summed E-state index contributed by atoms with van der Waals surface area (Å²) in [5.41, 5.74) is -0.374. The number of carboxylic acid groups (broad SMARTS) is 3. The summed E-state index contributed by atoms with van der Waals surface area (Å²) >= 11 is 0. The van der Waals surface area contributed by atoms with Crippen LogP contribution in [0.4, 0.5) is 4.79 Å². The second kappa shape index (κ2) is 9.17. The third-order valence-electron chi connectivity index (χ3n) is 5.82. The first kappa shape index (κ1) is 24.8. The number of rotatable bonds is 6. The number of benzene rings is 2. The number of amides is 1. The molecule has 0 aliphatic heterocycles. The van der Waals surface area contributed by atoms with E-state index in [1.807, 2.05) is 0 Å². The van der Waals surface area contributed by atoms with E-state index in [0.29, 0.717) is 35.1 Å². The second-order valence-electron chi connectivity index (χ2n) is 9.24. The van der Waals surface area contributed by atoms with Crippen LogP contribution < -0.4 is 5.32 Å². The Kier molecular flexibility index (Phi) is 6.67. The summed E-state index contributed by atoms with van der Waals surface area (Å²) in [6.07, 6.45) is -0.0766. The molecule has 0 radical (unpaired) electrons. The lowest BCUT2D eigenvalue weighted by Crippen LogP contribution is -2.42. The first-order valence-electron chi connectivity index (χ1n) is 10.8. The number of aliphatic carboxylic acids is 1. The molecule has 34 heavy (non-hydrogen) atoms. The molecule has 1 amide bonds. The largest absolute Gasteiger partial charge is 0.480 e. The van der Waals surface area contributed by atoms with E-state index >= 15 is 0 Å². The van der Waals surface area contributed by atoms with Crippen molar-refractivity contribution in [1.82, 2.24) is 5.32 Å². The highest BCUT2D eigenvalue weighted by atomic mass is 16.6. The Hall–Kier alpha value is -3.88. The molecule has 0 atom stereocenters. The Morgan fingerprint density at radius 3 is 1.74 bits per heavy atom. The van der Waals surface area contributed by atoms with Crippen molar-refractivity contribution >= 4 is 24.0 Å². The number of nitrogens with one attached hydrogen (secondary N) is 1. The molecule has 4 N–H and O–H groups in total. The van der Waals surface area contributed by atoms with Gasteiger partial charge in [-0.3, -0.25) is 4.79 Å². The molecule has 1 aliphatic carbocycles. The van der Waals surface area contributed by atoms with Gasteiger partial charge in [-0.25, -0.2) is 14.4 Å². The third-order valence-corrected chi connectivity index (χ3v) is 5.82. The van der Waals surface area contributed by atoms with Crippen molar-refractivity contribution in [1.29, 1.82) is 0 Å². The lowest BCUT2D eigenvalue weighted by atomic mass is 9.69.